The van der Waals surface area contributed by atoms with Crippen molar-refractivity contribution >= 4 is 31.9 Å². The van der Waals surface area contributed by atoms with Crippen molar-refractivity contribution in [3.63, 3.8) is 0 Å². The zero-order valence-corrected chi connectivity index (χ0v) is 12.3. The van der Waals surface area contributed by atoms with Gasteiger partial charge in [-0.25, -0.2) is 22.9 Å². The molecule has 1 heterocycles. The molecule has 8 nitrogen and oxygen atoms in total. The number of rotatable bonds is 5. The van der Waals surface area contributed by atoms with Gasteiger partial charge in [0, 0.05) is 4.47 Å². The standard InChI is InChI=1S/C10H9BrN4O4S/c11-8-2-1-6(3-7(8)10(16)17)20(18,19)14-4-9-12-5-13-15-9/h1-3,5,14H,4H2,(H,16,17)(H,12,13,15). The summed E-state index contributed by atoms with van der Waals surface area (Å²) in [6.45, 7) is -0.0686. The van der Waals surface area contributed by atoms with Crippen LogP contribution < -0.4 is 4.72 Å². The highest BCUT2D eigenvalue weighted by Crippen LogP contribution is 2.21. The smallest absolute Gasteiger partial charge is 0.336 e. The van der Waals surface area contributed by atoms with E-state index in [0.29, 0.717) is 10.3 Å². The van der Waals surface area contributed by atoms with Gasteiger partial charge in [-0.1, -0.05) is 0 Å². The Balaban J connectivity index is 2.25. The predicted octanol–water partition coefficient (Wildman–Crippen LogP) is 0.744. The van der Waals surface area contributed by atoms with Crippen LogP contribution in [0.1, 0.15) is 16.2 Å². The van der Waals surface area contributed by atoms with E-state index in [1.165, 1.54) is 18.5 Å². The molecule has 106 valence electrons. The van der Waals surface area contributed by atoms with E-state index in [1.54, 1.807) is 0 Å². The third-order valence-electron chi connectivity index (χ3n) is 2.37. The average Bonchev–Trinajstić information content (AvgIpc) is 2.89. The summed E-state index contributed by atoms with van der Waals surface area (Å²) in [5.41, 5.74) is -0.132. The van der Waals surface area contributed by atoms with Crippen molar-refractivity contribution in [3.05, 3.63) is 40.4 Å². The lowest BCUT2D eigenvalue weighted by molar-refractivity contribution is 0.0695. The third kappa shape index (κ3) is 3.21. The van der Waals surface area contributed by atoms with Crippen molar-refractivity contribution in [2.24, 2.45) is 0 Å². The molecule has 0 atom stereocenters. The number of hydrogen-bond acceptors (Lipinski definition) is 5. The van der Waals surface area contributed by atoms with Gasteiger partial charge in [0.15, 0.2) is 0 Å². The highest BCUT2D eigenvalue weighted by molar-refractivity contribution is 9.10. The number of sulfonamides is 1. The van der Waals surface area contributed by atoms with Crippen LogP contribution in [-0.4, -0.2) is 34.7 Å². The van der Waals surface area contributed by atoms with Gasteiger partial charge < -0.3 is 5.11 Å². The summed E-state index contributed by atoms with van der Waals surface area (Å²) in [6.07, 6.45) is 1.26. The molecule has 10 heteroatoms. The Hall–Kier alpha value is -1.78. The van der Waals surface area contributed by atoms with Crippen LogP contribution in [-0.2, 0) is 16.6 Å². The first-order valence-corrected chi connectivity index (χ1v) is 7.54. The van der Waals surface area contributed by atoms with Crippen LogP contribution in [0.15, 0.2) is 33.9 Å². The number of aromatic carboxylic acids is 1. The maximum atomic E-state index is 12.0. The predicted molar refractivity (Wildman–Crippen MR) is 71.5 cm³/mol. The summed E-state index contributed by atoms with van der Waals surface area (Å²) in [6, 6.07) is 3.75. The summed E-state index contributed by atoms with van der Waals surface area (Å²) >= 11 is 3.05. The van der Waals surface area contributed by atoms with Crippen LogP contribution in [0.5, 0.6) is 0 Å². The molecule has 0 fully saturated rings. The van der Waals surface area contributed by atoms with Gasteiger partial charge in [-0.3, -0.25) is 5.10 Å². The first kappa shape index (κ1) is 14.6. The fourth-order valence-corrected chi connectivity index (χ4v) is 2.83. The van der Waals surface area contributed by atoms with Crippen LogP contribution in [0, 0.1) is 0 Å². The van der Waals surface area contributed by atoms with Crippen molar-refractivity contribution in [1.29, 1.82) is 0 Å². The molecule has 1 aromatic carbocycles. The van der Waals surface area contributed by atoms with E-state index in [0.717, 1.165) is 6.07 Å². The molecular weight excluding hydrogens is 352 g/mol. The molecule has 2 aromatic rings. The Morgan fingerprint density at radius 2 is 2.20 bits per heavy atom. The summed E-state index contributed by atoms with van der Waals surface area (Å²) in [4.78, 5) is 14.6. The van der Waals surface area contributed by atoms with E-state index in [4.69, 9.17) is 5.11 Å². The number of aromatic amines is 1. The summed E-state index contributed by atoms with van der Waals surface area (Å²) in [7, 11) is -3.83. The van der Waals surface area contributed by atoms with Gasteiger partial charge in [0.2, 0.25) is 10.0 Å². The maximum absolute atomic E-state index is 12.0. The Kier molecular flexibility index (Phi) is 4.16. The molecule has 0 spiro atoms. The molecule has 20 heavy (non-hydrogen) atoms. The number of carbonyl (C=O) groups is 1. The number of aromatic nitrogens is 3. The second-order valence-corrected chi connectivity index (χ2v) is 6.32. The number of benzene rings is 1. The van der Waals surface area contributed by atoms with Crippen LogP contribution in [0.2, 0.25) is 0 Å². The lowest BCUT2D eigenvalue weighted by Crippen LogP contribution is -2.24. The quantitative estimate of drug-likeness (QED) is 0.722. The van der Waals surface area contributed by atoms with Crippen molar-refractivity contribution in [2.75, 3.05) is 0 Å². The van der Waals surface area contributed by atoms with Crippen molar-refractivity contribution in [1.82, 2.24) is 19.9 Å². The second kappa shape index (κ2) is 5.69. The number of carboxylic acids is 1. The van der Waals surface area contributed by atoms with Crippen LogP contribution in [0.3, 0.4) is 0 Å². The number of nitrogens with one attached hydrogen (secondary N) is 2. The zero-order chi connectivity index (χ0) is 14.8. The lowest BCUT2D eigenvalue weighted by atomic mass is 10.2. The molecular formula is C10H9BrN4O4S. The molecule has 0 aliphatic rings. The van der Waals surface area contributed by atoms with Gasteiger partial charge in [-0.15, -0.1) is 0 Å². The van der Waals surface area contributed by atoms with Gasteiger partial charge in [0.05, 0.1) is 17.0 Å². The fourth-order valence-electron chi connectivity index (χ4n) is 1.40. The molecule has 0 unspecified atom stereocenters. The van der Waals surface area contributed by atoms with E-state index < -0.39 is 16.0 Å². The van der Waals surface area contributed by atoms with E-state index in [-0.39, 0.29) is 17.0 Å². The molecule has 1 aromatic heterocycles. The molecule has 2 rings (SSSR count). The Morgan fingerprint density at radius 1 is 1.45 bits per heavy atom. The molecule has 0 saturated carbocycles. The first-order valence-electron chi connectivity index (χ1n) is 5.27. The van der Waals surface area contributed by atoms with E-state index in [9.17, 15) is 13.2 Å². The molecule has 0 aliphatic carbocycles. The van der Waals surface area contributed by atoms with E-state index in [1.807, 2.05) is 0 Å². The molecule has 0 saturated heterocycles. The zero-order valence-electron chi connectivity index (χ0n) is 9.87. The van der Waals surface area contributed by atoms with Gasteiger partial charge in [0.1, 0.15) is 12.2 Å². The Morgan fingerprint density at radius 3 is 2.80 bits per heavy atom. The molecule has 0 radical (unpaired) electrons. The fraction of sp³-hybridized carbons (Fsp3) is 0.100. The van der Waals surface area contributed by atoms with E-state index in [2.05, 4.69) is 35.8 Å². The monoisotopic (exact) mass is 360 g/mol. The van der Waals surface area contributed by atoms with Crippen molar-refractivity contribution in [3.8, 4) is 0 Å². The van der Waals surface area contributed by atoms with Gasteiger partial charge in [-0.2, -0.15) is 5.10 Å². The van der Waals surface area contributed by atoms with Crippen molar-refractivity contribution < 1.29 is 18.3 Å². The molecule has 0 aliphatic heterocycles. The molecule has 0 amide bonds. The minimum Gasteiger partial charge on any atom is -0.478 e. The number of carboxylic acid groups (broad SMARTS) is 1. The summed E-state index contributed by atoms with van der Waals surface area (Å²) in [5.74, 6) is -0.867. The lowest BCUT2D eigenvalue weighted by Gasteiger charge is -2.07. The molecule has 3 N–H and O–H groups in total. The van der Waals surface area contributed by atoms with Gasteiger partial charge >= 0.3 is 5.97 Å². The number of hydrogen-bond donors (Lipinski definition) is 3. The minimum absolute atomic E-state index is 0.0686. The topological polar surface area (TPSA) is 125 Å². The second-order valence-electron chi connectivity index (χ2n) is 3.70. The number of nitrogens with zero attached hydrogens (tertiary/aromatic N) is 2. The van der Waals surface area contributed by atoms with Crippen LogP contribution in [0.4, 0.5) is 0 Å². The normalized spacial score (nSPS) is 11.4. The van der Waals surface area contributed by atoms with Gasteiger partial charge in [0.25, 0.3) is 0 Å². The van der Waals surface area contributed by atoms with E-state index >= 15 is 0 Å². The minimum atomic E-state index is -3.83. The average molecular weight is 361 g/mol. The number of H-pyrrole nitrogens is 1. The number of halogens is 1. The largest absolute Gasteiger partial charge is 0.478 e. The highest BCUT2D eigenvalue weighted by Gasteiger charge is 2.18. The summed E-state index contributed by atoms with van der Waals surface area (Å²) in [5, 5.41) is 15.1. The van der Waals surface area contributed by atoms with Gasteiger partial charge in [-0.05, 0) is 34.1 Å². The Bertz CT molecular complexity index is 730. The van der Waals surface area contributed by atoms with Crippen LogP contribution >= 0.6 is 15.9 Å². The highest BCUT2D eigenvalue weighted by atomic mass is 79.9. The third-order valence-corrected chi connectivity index (χ3v) is 4.46. The maximum Gasteiger partial charge on any atom is 0.336 e. The van der Waals surface area contributed by atoms with Crippen molar-refractivity contribution in [2.45, 2.75) is 11.4 Å². The SMILES string of the molecule is O=C(O)c1cc(S(=O)(=O)NCc2ncn[nH]2)ccc1Br. The summed E-state index contributed by atoms with van der Waals surface area (Å²) < 4.78 is 26.7. The van der Waals surface area contributed by atoms with Crippen LogP contribution in [0.25, 0.3) is 0 Å². The Labute approximate surface area is 122 Å². The first-order chi connectivity index (χ1) is 9.40. The molecule has 0 bridgehead atoms.